The van der Waals surface area contributed by atoms with Gasteiger partial charge in [-0.1, -0.05) is 6.07 Å². The largest absolute Gasteiger partial charge is 0.490 e. The Kier molecular flexibility index (Phi) is 4.00. The number of carboxylic acids is 1. The van der Waals surface area contributed by atoms with Gasteiger partial charge in [0, 0.05) is 0 Å². The van der Waals surface area contributed by atoms with Gasteiger partial charge in [0.15, 0.2) is 11.6 Å². The van der Waals surface area contributed by atoms with E-state index in [1.165, 1.54) is 6.07 Å². The molecule has 0 saturated heterocycles. The number of aliphatic carboxylic acids is 1. The molecule has 3 rings (SSSR count). The highest BCUT2D eigenvalue weighted by Crippen LogP contribution is 2.46. The quantitative estimate of drug-likeness (QED) is 0.757. The highest BCUT2D eigenvalue weighted by molar-refractivity contribution is 6.04. The predicted octanol–water partition coefficient (Wildman–Crippen LogP) is 2.66. The fourth-order valence-corrected chi connectivity index (χ4v) is 2.48. The first-order chi connectivity index (χ1) is 10.9. The minimum atomic E-state index is -1.29. The van der Waals surface area contributed by atoms with Crippen molar-refractivity contribution in [2.45, 2.75) is 38.6 Å². The van der Waals surface area contributed by atoms with E-state index in [4.69, 9.17) is 9.84 Å². The molecule has 2 aliphatic carbocycles. The summed E-state index contributed by atoms with van der Waals surface area (Å²) in [4.78, 5) is 23.2. The van der Waals surface area contributed by atoms with Crippen molar-refractivity contribution in [1.82, 2.24) is 5.32 Å². The normalized spacial score (nSPS) is 19.7. The Balaban J connectivity index is 1.62. The number of carbonyl (C=O) groups excluding carboxylic acids is 1. The van der Waals surface area contributed by atoms with E-state index in [0.717, 1.165) is 12.8 Å². The number of benzene rings is 1. The van der Waals surface area contributed by atoms with Crippen LogP contribution in [0.3, 0.4) is 0 Å². The van der Waals surface area contributed by atoms with Crippen LogP contribution in [-0.2, 0) is 9.59 Å². The number of amides is 1. The summed E-state index contributed by atoms with van der Waals surface area (Å²) in [6.07, 6.45) is 2.97. The summed E-state index contributed by atoms with van der Waals surface area (Å²) in [5.74, 6) is -1.32. The SMILES string of the molecule is C[C@@H](NC(=O)C1(C(=O)O)CC1)c1ccc(OCC2CC2)c(F)c1. The number of carbonyl (C=O) groups is 2. The van der Waals surface area contributed by atoms with E-state index in [-0.39, 0.29) is 5.75 Å². The molecule has 0 unspecified atom stereocenters. The van der Waals surface area contributed by atoms with Crippen LogP contribution in [0.5, 0.6) is 5.75 Å². The van der Waals surface area contributed by atoms with Gasteiger partial charge in [0.1, 0.15) is 5.41 Å². The fourth-order valence-electron chi connectivity index (χ4n) is 2.48. The second-order valence-corrected chi connectivity index (χ2v) is 6.53. The molecule has 2 fully saturated rings. The number of carboxylic acid groups (broad SMARTS) is 1. The molecule has 124 valence electrons. The molecule has 0 radical (unpaired) electrons. The van der Waals surface area contributed by atoms with Crippen LogP contribution < -0.4 is 10.1 Å². The van der Waals surface area contributed by atoms with Gasteiger partial charge in [-0.05, 0) is 56.2 Å². The average molecular weight is 321 g/mol. The number of ether oxygens (including phenoxy) is 1. The Morgan fingerprint density at radius 1 is 1.43 bits per heavy atom. The third-order valence-corrected chi connectivity index (χ3v) is 4.57. The van der Waals surface area contributed by atoms with Crippen LogP contribution in [0.1, 0.15) is 44.2 Å². The average Bonchev–Trinajstić information content (AvgIpc) is 3.38. The summed E-state index contributed by atoms with van der Waals surface area (Å²) in [5.41, 5.74) is -0.712. The third-order valence-electron chi connectivity index (χ3n) is 4.57. The monoisotopic (exact) mass is 321 g/mol. The van der Waals surface area contributed by atoms with E-state index >= 15 is 0 Å². The van der Waals surface area contributed by atoms with E-state index in [9.17, 15) is 14.0 Å². The summed E-state index contributed by atoms with van der Waals surface area (Å²) in [7, 11) is 0. The third kappa shape index (κ3) is 3.30. The van der Waals surface area contributed by atoms with Crippen LogP contribution in [0.15, 0.2) is 18.2 Å². The highest BCUT2D eigenvalue weighted by atomic mass is 19.1. The van der Waals surface area contributed by atoms with Crippen molar-refractivity contribution in [2.24, 2.45) is 11.3 Å². The number of hydrogen-bond acceptors (Lipinski definition) is 3. The molecular formula is C17H20FNO4. The van der Waals surface area contributed by atoms with Gasteiger partial charge in [-0.3, -0.25) is 9.59 Å². The second-order valence-electron chi connectivity index (χ2n) is 6.53. The van der Waals surface area contributed by atoms with Crippen molar-refractivity contribution in [2.75, 3.05) is 6.61 Å². The number of hydrogen-bond donors (Lipinski definition) is 2. The van der Waals surface area contributed by atoms with Gasteiger partial charge in [0.05, 0.1) is 12.6 Å². The molecule has 6 heteroatoms. The zero-order valence-corrected chi connectivity index (χ0v) is 13.0. The van der Waals surface area contributed by atoms with Crippen molar-refractivity contribution in [1.29, 1.82) is 0 Å². The van der Waals surface area contributed by atoms with Crippen molar-refractivity contribution < 1.29 is 23.8 Å². The zero-order chi connectivity index (χ0) is 16.6. The molecule has 0 bridgehead atoms. The van der Waals surface area contributed by atoms with Crippen molar-refractivity contribution in [3.63, 3.8) is 0 Å². The number of nitrogens with one attached hydrogen (secondary N) is 1. The number of rotatable bonds is 7. The minimum Gasteiger partial charge on any atom is -0.490 e. The van der Waals surface area contributed by atoms with Gasteiger partial charge < -0.3 is 15.2 Å². The molecule has 1 amide bonds. The molecule has 0 heterocycles. The van der Waals surface area contributed by atoms with E-state index < -0.39 is 29.2 Å². The summed E-state index contributed by atoms with van der Waals surface area (Å²) in [6.45, 7) is 2.24. The minimum absolute atomic E-state index is 0.211. The van der Waals surface area contributed by atoms with Gasteiger partial charge in [-0.2, -0.15) is 0 Å². The van der Waals surface area contributed by atoms with Gasteiger partial charge >= 0.3 is 5.97 Å². The molecule has 2 N–H and O–H groups in total. The first-order valence-electron chi connectivity index (χ1n) is 7.89. The molecule has 2 aliphatic rings. The molecule has 23 heavy (non-hydrogen) atoms. The van der Waals surface area contributed by atoms with Gasteiger partial charge in [-0.25, -0.2) is 4.39 Å². The molecule has 0 spiro atoms. The maximum atomic E-state index is 14.1. The van der Waals surface area contributed by atoms with Crippen molar-refractivity contribution in [3.05, 3.63) is 29.6 Å². The Labute approximate surface area is 133 Å². The molecule has 2 saturated carbocycles. The van der Waals surface area contributed by atoms with Crippen LogP contribution in [0, 0.1) is 17.2 Å². The molecular weight excluding hydrogens is 301 g/mol. The van der Waals surface area contributed by atoms with Gasteiger partial charge in [0.2, 0.25) is 5.91 Å². The smallest absolute Gasteiger partial charge is 0.319 e. The Morgan fingerprint density at radius 2 is 2.13 bits per heavy atom. The highest BCUT2D eigenvalue weighted by Gasteiger charge is 2.57. The molecule has 0 aliphatic heterocycles. The number of halogens is 1. The predicted molar refractivity (Wildman–Crippen MR) is 80.5 cm³/mol. The molecule has 1 aromatic carbocycles. The Morgan fingerprint density at radius 3 is 2.65 bits per heavy atom. The summed E-state index contributed by atoms with van der Waals surface area (Å²) < 4.78 is 19.5. The topological polar surface area (TPSA) is 75.6 Å². The first-order valence-corrected chi connectivity index (χ1v) is 7.89. The lowest BCUT2D eigenvalue weighted by atomic mass is 10.0. The molecule has 0 aromatic heterocycles. The lowest BCUT2D eigenvalue weighted by Crippen LogP contribution is -2.38. The summed E-state index contributed by atoms with van der Waals surface area (Å²) >= 11 is 0. The lowest BCUT2D eigenvalue weighted by molar-refractivity contribution is -0.149. The molecule has 5 nitrogen and oxygen atoms in total. The van der Waals surface area contributed by atoms with Gasteiger partial charge in [-0.15, -0.1) is 0 Å². The second kappa shape index (κ2) is 5.83. The summed E-state index contributed by atoms with van der Waals surface area (Å²) in [6, 6.07) is 4.11. The van der Waals surface area contributed by atoms with E-state index in [1.807, 2.05) is 0 Å². The zero-order valence-electron chi connectivity index (χ0n) is 13.0. The standard InChI is InChI=1S/C17H20FNO4/c1-10(19-15(20)17(6-7-17)16(21)22)12-4-5-14(13(18)8-12)23-9-11-2-3-11/h4-5,8,10-11H,2-3,6-7,9H2,1H3,(H,19,20)(H,21,22)/t10-/m1/s1. The van der Waals surface area contributed by atoms with E-state index in [1.54, 1.807) is 19.1 Å². The van der Waals surface area contributed by atoms with E-state index in [2.05, 4.69) is 5.32 Å². The Bertz CT molecular complexity index is 637. The van der Waals surface area contributed by atoms with Crippen LogP contribution in [0.25, 0.3) is 0 Å². The first kappa shape index (κ1) is 15.8. The van der Waals surface area contributed by atoms with E-state index in [0.29, 0.717) is 30.9 Å². The van der Waals surface area contributed by atoms with Crippen molar-refractivity contribution >= 4 is 11.9 Å². The molecule has 1 atom stereocenters. The van der Waals surface area contributed by atoms with Crippen LogP contribution in [0.2, 0.25) is 0 Å². The molecule has 1 aromatic rings. The Hall–Kier alpha value is -2.11. The fraction of sp³-hybridized carbons (Fsp3) is 0.529. The lowest BCUT2D eigenvalue weighted by Gasteiger charge is -2.18. The maximum absolute atomic E-state index is 14.1. The maximum Gasteiger partial charge on any atom is 0.319 e. The van der Waals surface area contributed by atoms with Gasteiger partial charge in [0.25, 0.3) is 0 Å². The van der Waals surface area contributed by atoms with Crippen molar-refractivity contribution in [3.8, 4) is 5.75 Å². The van der Waals surface area contributed by atoms with Crippen LogP contribution in [-0.4, -0.2) is 23.6 Å². The van der Waals surface area contributed by atoms with Crippen LogP contribution >= 0.6 is 0 Å². The van der Waals surface area contributed by atoms with Crippen LogP contribution in [0.4, 0.5) is 4.39 Å². The summed E-state index contributed by atoms with van der Waals surface area (Å²) in [5, 5.41) is 11.8.